The van der Waals surface area contributed by atoms with Crippen molar-refractivity contribution in [3.8, 4) is 11.5 Å². The fourth-order valence-corrected chi connectivity index (χ4v) is 5.76. The second kappa shape index (κ2) is 10.0. The molecule has 1 fully saturated rings. The van der Waals surface area contributed by atoms with E-state index in [0.717, 1.165) is 29.2 Å². The number of ether oxygens (including phenoxy) is 3. The number of hydrogen-bond acceptors (Lipinski definition) is 7. The van der Waals surface area contributed by atoms with Gasteiger partial charge < -0.3 is 19.5 Å². The maximum Gasteiger partial charge on any atom is 0.266 e. The number of rotatable bonds is 7. The van der Waals surface area contributed by atoms with Gasteiger partial charge in [0.15, 0.2) is 11.5 Å². The third-order valence-corrected chi connectivity index (χ3v) is 7.82. The molecule has 0 saturated carbocycles. The number of anilines is 1. The summed E-state index contributed by atoms with van der Waals surface area (Å²) in [7, 11) is 3.29. The predicted molar refractivity (Wildman–Crippen MR) is 130 cm³/mol. The first-order valence-electron chi connectivity index (χ1n) is 10.5. The van der Waals surface area contributed by atoms with Crippen LogP contribution in [0.2, 0.25) is 0 Å². The molecule has 0 spiro atoms. The van der Waals surface area contributed by atoms with Crippen LogP contribution in [0.3, 0.4) is 0 Å². The highest BCUT2D eigenvalue weighted by Gasteiger charge is 2.31. The number of carbonyl (C=O) groups excluding carboxylic acids is 1. The van der Waals surface area contributed by atoms with Crippen LogP contribution in [-0.4, -0.2) is 51.3 Å². The molecule has 32 heavy (non-hydrogen) atoms. The van der Waals surface area contributed by atoms with Gasteiger partial charge in [-0.2, -0.15) is 0 Å². The van der Waals surface area contributed by atoms with Gasteiger partial charge in [0.1, 0.15) is 5.00 Å². The van der Waals surface area contributed by atoms with Crippen LogP contribution >= 0.6 is 22.7 Å². The number of aryl methyl sites for hydroxylation is 1. The molecular weight excluding hydrogens is 444 g/mol. The fourth-order valence-electron chi connectivity index (χ4n) is 4.06. The average Bonchev–Trinajstić information content (AvgIpc) is 3.45. The summed E-state index contributed by atoms with van der Waals surface area (Å²) in [6.07, 6.45) is 0. The van der Waals surface area contributed by atoms with Gasteiger partial charge in [0.25, 0.3) is 5.91 Å². The van der Waals surface area contributed by atoms with Crippen LogP contribution in [0.5, 0.6) is 11.5 Å². The summed E-state index contributed by atoms with van der Waals surface area (Å²) in [6, 6.07) is 9.77. The lowest BCUT2D eigenvalue weighted by Gasteiger charge is -2.36. The van der Waals surface area contributed by atoms with E-state index in [9.17, 15) is 4.79 Å². The zero-order chi connectivity index (χ0) is 22.7. The van der Waals surface area contributed by atoms with Crippen LogP contribution in [0.4, 0.5) is 5.00 Å². The van der Waals surface area contributed by atoms with Crippen molar-refractivity contribution in [1.82, 2.24) is 4.90 Å². The molecule has 1 N–H and O–H groups in total. The molecule has 2 aromatic heterocycles. The monoisotopic (exact) mass is 472 g/mol. The SMILES string of the molecule is COc1ccc([C@@H](c2c(NC(=O)c3cccs3)sc(C)c2C)N2CCOCC2)cc1OC. The summed E-state index contributed by atoms with van der Waals surface area (Å²) in [5.74, 6) is 1.31. The smallest absolute Gasteiger partial charge is 0.266 e. The van der Waals surface area contributed by atoms with Gasteiger partial charge in [-0.05, 0) is 48.6 Å². The highest BCUT2D eigenvalue weighted by atomic mass is 32.1. The summed E-state index contributed by atoms with van der Waals surface area (Å²) in [4.78, 5) is 17.2. The topological polar surface area (TPSA) is 60.0 Å². The predicted octanol–water partition coefficient (Wildman–Crippen LogP) is 5.12. The first-order chi connectivity index (χ1) is 15.5. The molecule has 1 aliphatic rings. The molecule has 0 aliphatic carbocycles. The molecule has 0 bridgehead atoms. The van der Waals surface area contributed by atoms with Gasteiger partial charge in [0, 0.05) is 23.5 Å². The van der Waals surface area contributed by atoms with Gasteiger partial charge in [0.05, 0.1) is 38.4 Å². The molecule has 170 valence electrons. The Hall–Kier alpha value is -2.39. The third-order valence-electron chi connectivity index (χ3n) is 5.81. The normalized spacial score (nSPS) is 15.4. The van der Waals surface area contributed by atoms with E-state index in [1.165, 1.54) is 21.8 Å². The number of morpholine rings is 1. The number of methoxy groups -OCH3 is 2. The Morgan fingerprint density at radius 1 is 1.12 bits per heavy atom. The lowest BCUT2D eigenvalue weighted by atomic mass is 9.94. The van der Waals surface area contributed by atoms with Crippen LogP contribution in [0.25, 0.3) is 0 Å². The fraction of sp³-hybridized carbons (Fsp3) is 0.375. The number of carbonyl (C=O) groups is 1. The highest BCUT2D eigenvalue weighted by Crippen LogP contribution is 2.44. The number of benzene rings is 1. The van der Waals surface area contributed by atoms with Gasteiger partial charge in [-0.3, -0.25) is 9.69 Å². The van der Waals surface area contributed by atoms with Crippen molar-refractivity contribution in [2.24, 2.45) is 0 Å². The van der Waals surface area contributed by atoms with Crippen LogP contribution in [0.15, 0.2) is 35.7 Å². The molecule has 0 radical (unpaired) electrons. The van der Waals surface area contributed by atoms with E-state index in [0.29, 0.717) is 29.6 Å². The molecule has 3 heterocycles. The standard InChI is InChI=1S/C24H28N2O4S2/c1-15-16(2)32-24(25-23(27)20-6-5-13-31-20)21(15)22(26-9-11-30-12-10-26)17-7-8-18(28-3)19(14-17)29-4/h5-8,13-14,22H,9-12H2,1-4H3,(H,25,27)/t22-/m0/s1. The maximum atomic E-state index is 12.9. The van der Waals surface area contributed by atoms with Crippen LogP contribution < -0.4 is 14.8 Å². The van der Waals surface area contributed by atoms with Crippen molar-refractivity contribution in [3.63, 3.8) is 0 Å². The van der Waals surface area contributed by atoms with Crippen molar-refractivity contribution in [1.29, 1.82) is 0 Å². The Bertz CT molecular complexity index is 1070. The molecule has 4 rings (SSSR count). The van der Waals surface area contributed by atoms with E-state index in [-0.39, 0.29) is 11.9 Å². The Labute approximate surface area is 196 Å². The van der Waals surface area contributed by atoms with Crippen LogP contribution in [0, 0.1) is 13.8 Å². The van der Waals surface area contributed by atoms with E-state index < -0.39 is 0 Å². The quantitative estimate of drug-likeness (QED) is 0.517. The highest BCUT2D eigenvalue weighted by molar-refractivity contribution is 7.17. The van der Waals surface area contributed by atoms with E-state index in [2.05, 4.69) is 30.1 Å². The second-order valence-electron chi connectivity index (χ2n) is 7.62. The molecule has 1 saturated heterocycles. The third kappa shape index (κ3) is 4.54. The molecule has 1 aromatic carbocycles. The van der Waals surface area contributed by atoms with Crippen molar-refractivity contribution in [2.45, 2.75) is 19.9 Å². The van der Waals surface area contributed by atoms with E-state index >= 15 is 0 Å². The number of thiophene rings is 2. The Morgan fingerprint density at radius 2 is 1.88 bits per heavy atom. The minimum absolute atomic E-state index is 0.0395. The first kappa shape index (κ1) is 22.8. The number of nitrogens with zero attached hydrogens (tertiary/aromatic N) is 1. The minimum Gasteiger partial charge on any atom is -0.493 e. The summed E-state index contributed by atoms with van der Waals surface area (Å²) < 4.78 is 16.7. The van der Waals surface area contributed by atoms with Crippen LogP contribution in [0.1, 0.15) is 37.3 Å². The number of hydrogen-bond donors (Lipinski definition) is 1. The number of nitrogens with one attached hydrogen (secondary N) is 1. The zero-order valence-corrected chi connectivity index (χ0v) is 20.4. The van der Waals surface area contributed by atoms with Crippen molar-refractivity contribution in [2.75, 3.05) is 45.8 Å². The van der Waals surface area contributed by atoms with Gasteiger partial charge in [-0.15, -0.1) is 22.7 Å². The Morgan fingerprint density at radius 3 is 2.53 bits per heavy atom. The van der Waals surface area contributed by atoms with E-state index in [1.807, 2.05) is 29.6 Å². The molecule has 1 aliphatic heterocycles. The van der Waals surface area contributed by atoms with Gasteiger partial charge in [0.2, 0.25) is 0 Å². The average molecular weight is 473 g/mol. The van der Waals surface area contributed by atoms with Gasteiger partial charge >= 0.3 is 0 Å². The molecule has 3 aromatic rings. The van der Waals surface area contributed by atoms with Crippen LogP contribution in [-0.2, 0) is 4.74 Å². The first-order valence-corrected chi connectivity index (χ1v) is 12.2. The minimum atomic E-state index is -0.0736. The molecular formula is C24H28N2O4S2. The lowest BCUT2D eigenvalue weighted by molar-refractivity contribution is 0.0240. The van der Waals surface area contributed by atoms with E-state index in [1.54, 1.807) is 25.6 Å². The summed E-state index contributed by atoms with van der Waals surface area (Å²) >= 11 is 3.07. The van der Waals surface area contributed by atoms with Crippen molar-refractivity contribution < 1.29 is 19.0 Å². The molecule has 0 unspecified atom stereocenters. The largest absolute Gasteiger partial charge is 0.493 e. The molecule has 8 heteroatoms. The Kier molecular flexibility index (Phi) is 7.15. The number of amides is 1. The van der Waals surface area contributed by atoms with Crippen molar-refractivity contribution >= 4 is 33.6 Å². The summed E-state index contributed by atoms with van der Waals surface area (Å²) in [6.45, 7) is 7.23. The van der Waals surface area contributed by atoms with Crippen molar-refractivity contribution in [3.05, 3.63) is 62.2 Å². The molecule has 1 atom stereocenters. The molecule has 6 nitrogen and oxygen atoms in total. The maximum absolute atomic E-state index is 12.9. The zero-order valence-electron chi connectivity index (χ0n) is 18.8. The Balaban J connectivity index is 1.80. The van der Waals surface area contributed by atoms with Gasteiger partial charge in [-0.1, -0.05) is 12.1 Å². The molecule has 1 amide bonds. The summed E-state index contributed by atoms with van der Waals surface area (Å²) in [5.41, 5.74) is 3.42. The summed E-state index contributed by atoms with van der Waals surface area (Å²) in [5, 5.41) is 6.00. The van der Waals surface area contributed by atoms with E-state index in [4.69, 9.17) is 14.2 Å². The van der Waals surface area contributed by atoms with Gasteiger partial charge in [-0.25, -0.2) is 0 Å². The lowest BCUT2D eigenvalue weighted by Crippen LogP contribution is -2.40. The second-order valence-corrected chi connectivity index (χ2v) is 9.80.